The van der Waals surface area contributed by atoms with Gasteiger partial charge in [-0.05, 0) is 18.9 Å². The predicted octanol–water partition coefficient (Wildman–Crippen LogP) is 2.63. The van der Waals surface area contributed by atoms with Gasteiger partial charge < -0.3 is 5.11 Å². The highest BCUT2D eigenvalue weighted by atomic mass is 28.3. The summed E-state index contributed by atoms with van der Waals surface area (Å²) < 4.78 is 0. The topological polar surface area (TPSA) is 20.2 Å². The number of aliphatic hydroxyl groups is 1. The second kappa shape index (κ2) is 2.90. The molecule has 1 N–H and O–H groups in total. The third-order valence-electron chi connectivity index (χ3n) is 2.39. The van der Waals surface area contributed by atoms with E-state index in [1.54, 1.807) is 0 Å². The van der Waals surface area contributed by atoms with E-state index in [1.165, 1.54) is 12.8 Å². The molecule has 1 saturated carbocycles. The molecule has 0 spiro atoms. The number of rotatable bonds is 2. The second-order valence-electron chi connectivity index (χ2n) is 5.17. The van der Waals surface area contributed by atoms with Gasteiger partial charge in [0.25, 0.3) is 0 Å². The molecule has 66 valence electrons. The van der Waals surface area contributed by atoms with Gasteiger partial charge in [-0.2, -0.15) is 0 Å². The fourth-order valence-corrected chi connectivity index (χ4v) is 4.52. The largest absolute Gasteiger partial charge is 0.390 e. The molecule has 0 unspecified atom stereocenters. The number of hydrogen-bond acceptors (Lipinski definition) is 1. The first-order valence-corrected chi connectivity index (χ1v) is 8.34. The zero-order chi connectivity index (χ0) is 8.54. The third kappa shape index (κ3) is 2.95. The van der Waals surface area contributed by atoms with Crippen molar-refractivity contribution in [1.82, 2.24) is 0 Å². The van der Waals surface area contributed by atoms with Crippen LogP contribution in [0.15, 0.2) is 0 Å². The summed E-state index contributed by atoms with van der Waals surface area (Å²) in [5.41, 5.74) is -0.259. The normalized spacial score (nSPS) is 24.0. The van der Waals surface area contributed by atoms with E-state index in [9.17, 15) is 5.11 Å². The van der Waals surface area contributed by atoms with Crippen molar-refractivity contribution in [3.8, 4) is 0 Å². The molecule has 0 aliphatic heterocycles. The fourth-order valence-electron chi connectivity index (χ4n) is 2.20. The molecular formula is C9H20OSi. The van der Waals surface area contributed by atoms with Crippen LogP contribution >= 0.6 is 0 Å². The van der Waals surface area contributed by atoms with Crippen LogP contribution < -0.4 is 0 Å². The van der Waals surface area contributed by atoms with Crippen LogP contribution in [0.25, 0.3) is 0 Å². The van der Waals surface area contributed by atoms with E-state index < -0.39 is 8.07 Å². The van der Waals surface area contributed by atoms with Crippen LogP contribution in [-0.4, -0.2) is 18.8 Å². The molecule has 2 heteroatoms. The molecule has 0 bridgehead atoms. The molecular weight excluding hydrogens is 152 g/mol. The lowest BCUT2D eigenvalue weighted by Gasteiger charge is -2.29. The zero-order valence-electron chi connectivity index (χ0n) is 7.98. The van der Waals surface area contributed by atoms with E-state index in [4.69, 9.17) is 0 Å². The maximum Gasteiger partial charge on any atom is 0.0624 e. The second-order valence-corrected chi connectivity index (χ2v) is 10.6. The van der Waals surface area contributed by atoms with Crippen LogP contribution in [-0.2, 0) is 0 Å². The Morgan fingerprint density at radius 2 is 1.64 bits per heavy atom. The number of hydrogen-bond donors (Lipinski definition) is 1. The van der Waals surface area contributed by atoms with E-state index in [1.807, 2.05) is 0 Å². The zero-order valence-corrected chi connectivity index (χ0v) is 8.98. The van der Waals surface area contributed by atoms with Gasteiger partial charge >= 0.3 is 0 Å². The average molecular weight is 172 g/mol. The third-order valence-corrected chi connectivity index (χ3v) is 4.11. The van der Waals surface area contributed by atoms with E-state index in [0.29, 0.717) is 0 Å². The maximum absolute atomic E-state index is 10.1. The lowest BCUT2D eigenvalue weighted by Crippen LogP contribution is -2.35. The minimum absolute atomic E-state index is 0.259. The van der Waals surface area contributed by atoms with Crippen molar-refractivity contribution in [2.75, 3.05) is 0 Å². The Bertz CT molecular complexity index is 131. The summed E-state index contributed by atoms with van der Waals surface area (Å²) in [6.07, 6.45) is 4.58. The van der Waals surface area contributed by atoms with Gasteiger partial charge in [0.2, 0.25) is 0 Å². The van der Waals surface area contributed by atoms with Crippen LogP contribution in [0.3, 0.4) is 0 Å². The first-order chi connectivity index (χ1) is 4.91. The predicted molar refractivity (Wildman–Crippen MR) is 51.6 cm³/mol. The Hall–Kier alpha value is 0.177. The van der Waals surface area contributed by atoms with Gasteiger partial charge in [-0.3, -0.25) is 0 Å². The van der Waals surface area contributed by atoms with Crippen molar-refractivity contribution in [3.05, 3.63) is 0 Å². The minimum Gasteiger partial charge on any atom is -0.390 e. The van der Waals surface area contributed by atoms with Crippen molar-refractivity contribution in [2.24, 2.45) is 0 Å². The lowest BCUT2D eigenvalue weighted by molar-refractivity contribution is 0.0667. The standard InChI is InChI=1S/C9H20OSi/c1-11(2,3)8-9(10)6-4-5-7-9/h10H,4-8H2,1-3H3. The first-order valence-electron chi connectivity index (χ1n) is 4.64. The summed E-state index contributed by atoms with van der Waals surface area (Å²) in [7, 11) is -1.04. The highest BCUT2D eigenvalue weighted by Gasteiger charge is 2.35. The van der Waals surface area contributed by atoms with Crippen LogP contribution in [0, 0.1) is 0 Å². The SMILES string of the molecule is C[Si](C)(C)CC1(O)CCCC1. The summed E-state index contributed by atoms with van der Waals surface area (Å²) in [5.74, 6) is 0. The average Bonchev–Trinajstić information content (AvgIpc) is 2.09. The molecule has 0 amide bonds. The Morgan fingerprint density at radius 1 is 1.18 bits per heavy atom. The van der Waals surface area contributed by atoms with Gasteiger partial charge in [0.15, 0.2) is 0 Å². The lowest BCUT2D eigenvalue weighted by atomic mass is 10.1. The smallest absolute Gasteiger partial charge is 0.0624 e. The molecule has 1 rings (SSSR count). The summed E-state index contributed by atoms with van der Waals surface area (Å²) in [6, 6.07) is 1.10. The fraction of sp³-hybridized carbons (Fsp3) is 1.00. The maximum atomic E-state index is 10.1. The van der Waals surface area contributed by atoms with Crippen molar-refractivity contribution in [1.29, 1.82) is 0 Å². The van der Waals surface area contributed by atoms with Crippen molar-refractivity contribution < 1.29 is 5.11 Å². The molecule has 0 heterocycles. The molecule has 1 aliphatic carbocycles. The first kappa shape index (κ1) is 9.27. The highest BCUT2D eigenvalue weighted by molar-refractivity contribution is 6.76. The highest BCUT2D eigenvalue weighted by Crippen LogP contribution is 2.36. The summed E-state index contributed by atoms with van der Waals surface area (Å²) in [6.45, 7) is 7.01. The Kier molecular flexibility index (Phi) is 2.45. The molecule has 1 fully saturated rings. The quantitative estimate of drug-likeness (QED) is 0.635. The Morgan fingerprint density at radius 3 is 2.00 bits per heavy atom. The van der Waals surface area contributed by atoms with Gasteiger partial charge in [-0.25, -0.2) is 0 Å². The van der Waals surface area contributed by atoms with Crippen molar-refractivity contribution in [3.63, 3.8) is 0 Å². The van der Waals surface area contributed by atoms with E-state index in [0.717, 1.165) is 18.9 Å². The van der Waals surface area contributed by atoms with Gasteiger partial charge in [0.1, 0.15) is 0 Å². The van der Waals surface area contributed by atoms with Crippen molar-refractivity contribution >= 4 is 8.07 Å². The van der Waals surface area contributed by atoms with E-state index >= 15 is 0 Å². The van der Waals surface area contributed by atoms with Crippen LogP contribution in [0.4, 0.5) is 0 Å². The Balaban J connectivity index is 2.46. The van der Waals surface area contributed by atoms with Crippen LogP contribution in [0.1, 0.15) is 25.7 Å². The molecule has 1 nitrogen and oxygen atoms in total. The van der Waals surface area contributed by atoms with Crippen molar-refractivity contribution in [2.45, 2.75) is 57.0 Å². The minimum atomic E-state index is -1.04. The van der Waals surface area contributed by atoms with Crippen LogP contribution in [0.2, 0.25) is 25.7 Å². The molecule has 0 aromatic heterocycles. The van der Waals surface area contributed by atoms with Gasteiger partial charge in [-0.1, -0.05) is 32.5 Å². The van der Waals surface area contributed by atoms with Gasteiger partial charge in [0.05, 0.1) is 5.60 Å². The van der Waals surface area contributed by atoms with Gasteiger partial charge in [-0.15, -0.1) is 0 Å². The summed E-state index contributed by atoms with van der Waals surface area (Å²) in [5, 5.41) is 10.1. The van der Waals surface area contributed by atoms with E-state index in [2.05, 4.69) is 19.6 Å². The molecule has 1 aliphatic rings. The molecule has 0 aromatic carbocycles. The van der Waals surface area contributed by atoms with Crippen LogP contribution in [0.5, 0.6) is 0 Å². The molecule has 0 saturated heterocycles. The molecule has 0 radical (unpaired) electrons. The monoisotopic (exact) mass is 172 g/mol. The molecule has 0 aromatic rings. The molecule has 11 heavy (non-hydrogen) atoms. The molecule has 0 atom stereocenters. The summed E-state index contributed by atoms with van der Waals surface area (Å²) >= 11 is 0. The summed E-state index contributed by atoms with van der Waals surface area (Å²) in [4.78, 5) is 0. The Labute approximate surface area is 70.8 Å². The van der Waals surface area contributed by atoms with Gasteiger partial charge in [0, 0.05) is 8.07 Å². The van der Waals surface area contributed by atoms with E-state index in [-0.39, 0.29) is 5.60 Å².